The van der Waals surface area contributed by atoms with Crippen LogP contribution in [-0.4, -0.2) is 30.8 Å². The van der Waals surface area contributed by atoms with Crippen LogP contribution in [0.25, 0.3) is 0 Å². The van der Waals surface area contributed by atoms with E-state index in [1.54, 1.807) is 6.07 Å². The predicted octanol–water partition coefficient (Wildman–Crippen LogP) is 6.90. The molecule has 4 unspecified atom stereocenters. The highest BCUT2D eigenvalue weighted by atomic mass is 32.2. The van der Waals surface area contributed by atoms with Crippen molar-refractivity contribution < 1.29 is 22.8 Å². The molecule has 1 amide bonds. The van der Waals surface area contributed by atoms with Gasteiger partial charge in [0.2, 0.25) is 5.91 Å². The second kappa shape index (κ2) is 14.7. The van der Waals surface area contributed by atoms with Gasteiger partial charge in [-0.3, -0.25) is 4.79 Å². The summed E-state index contributed by atoms with van der Waals surface area (Å²) in [4.78, 5) is 23.1. The molecule has 5 nitrogen and oxygen atoms in total. The Kier molecular flexibility index (Phi) is 12.6. The zero-order chi connectivity index (χ0) is 28.4. The van der Waals surface area contributed by atoms with Gasteiger partial charge in [-0.15, -0.1) is 0 Å². The normalized spacial score (nSPS) is 27.8. The van der Waals surface area contributed by atoms with Crippen molar-refractivity contribution >= 4 is 24.1 Å². The molecule has 0 aromatic heterocycles. The molecule has 0 bridgehead atoms. The molecule has 1 aromatic rings. The van der Waals surface area contributed by atoms with Crippen LogP contribution in [0.3, 0.4) is 0 Å². The van der Waals surface area contributed by atoms with Gasteiger partial charge in [0.25, 0.3) is 0 Å². The summed E-state index contributed by atoms with van der Waals surface area (Å²) in [5, 5.41) is 3.44. The number of rotatable bonds is 8. The summed E-state index contributed by atoms with van der Waals surface area (Å²) in [6.45, 7) is 6.56. The highest BCUT2D eigenvalue weighted by molar-refractivity contribution is 7.97. The fourth-order valence-electron chi connectivity index (χ4n) is 5.86. The number of halogens is 3. The quantitative estimate of drug-likeness (QED) is 0.239. The molecule has 3 rings (SSSR count). The third kappa shape index (κ3) is 8.98. The third-order valence-corrected chi connectivity index (χ3v) is 9.63. The van der Waals surface area contributed by atoms with Gasteiger partial charge in [-0.05, 0) is 81.5 Å². The lowest BCUT2D eigenvalue weighted by atomic mass is 9.68. The van der Waals surface area contributed by atoms with Gasteiger partial charge in [0.05, 0.1) is 11.1 Å². The molecule has 1 aromatic carbocycles. The lowest BCUT2D eigenvalue weighted by Crippen LogP contribution is -2.44. The Hall–Kier alpha value is -1.58. The molecule has 216 valence electrons. The van der Waals surface area contributed by atoms with Crippen molar-refractivity contribution in [2.24, 2.45) is 23.0 Å². The number of nitrogens with two attached hydrogens (primary N) is 1. The number of hydrogen-bond donors (Lipinski definition) is 3. The Balaban J connectivity index is 0.000000269. The molecule has 0 radical (unpaired) electrons. The molecule has 2 fully saturated rings. The summed E-state index contributed by atoms with van der Waals surface area (Å²) in [5.74, 6) is 1.24. The van der Waals surface area contributed by atoms with Crippen LogP contribution in [0.5, 0.6) is 0 Å². The van der Waals surface area contributed by atoms with Crippen molar-refractivity contribution in [2.75, 3.05) is 7.05 Å². The minimum Gasteiger partial charge on any atom is -0.369 e. The number of primary amides is 1. The Labute approximate surface area is 230 Å². The van der Waals surface area contributed by atoms with E-state index in [4.69, 9.17) is 5.73 Å². The summed E-state index contributed by atoms with van der Waals surface area (Å²) in [6, 6.07) is 5.93. The van der Waals surface area contributed by atoms with Crippen LogP contribution in [0.4, 0.5) is 13.2 Å². The summed E-state index contributed by atoms with van der Waals surface area (Å²) < 4.78 is 41.6. The van der Waals surface area contributed by atoms with Crippen molar-refractivity contribution in [3.63, 3.8) is 0 Å². The first-order chi connectivity index (χ1) is 17.9. The molecular formula is C29H46F3N3O2S. The molecule has 4 N–H and O–H groups in total. The van der Waals surface area contributed by atoms with Crippen LogP contribution in [-0.2, 0) is 15.8 Å². The molecule has 0 saturated heterocycles. The van der Waals surface area contributed by atoms with Gasteiger partial charge in [-0.25, -0.2) is 4.72 Å². The SMILES string of the molecule is CCC1CC(CC)C(NC)CCC(C)(C(N)=O)C1.O=CC1(NSc2ccccc2C(F)(F)F)CCCCC1. The van der Waals surface area contributed by atoms with Crippen molar-refractivity contribution in [1.82, 2.24) is 10.0 Å². The van der Waals surface area contributed by atoms with Crippen LogP contribution < -0.4 is 15.8 Å². The lowest BCUT2D eigenvalue weighted by Gasteiger charge is -2.39. The number of nitrogens with one attached hydrogen (secondary N) is 2. The number of carbonyl (C=O) groups is 2. The highest BCUT2D eigenvalue weighted by Crippen LogP contribution is 2.40. The van der Waals surface area contributed by atoms with E-state index < -0.39 is 17.3 Å². The van der Waals surface area contributed by atoms with Gasteiger partial charge in [0.1, 0.15) is 6.29 Å². The predicted molar refractivity (Wildman–Crippen MR) is 148 cm³/mol. The molecule has 0 spiro atoms. The first-order valence-electron chi connectivity index (χ1n) is 14.0. The van der Waals surface area contributed by atoms with E-state index >= 15 is 0 Å². The molecular weight excluding hydrogens is 511 g/mol. The molecule has 2 saturated carbocycles. The van der Waals surface area contributed by atoms with E-state index in [-0.39, 0.29) is 16.2 Å². The van der Waals surface area contributed by atoms with Crippen molar-refractivity contribution in [3.8, 4) is 0 Å². The van der Waals surface area contributed by atoms with E-state index in [2.05, 4.69) is 30.8 Å². The van der Waals surface area contributed by atoms with Gasteiger partial charge in [0, 0.05) is 16.4 Å². The Morgan fingerprint density at radius 3 is 2.32 bits per heavy atom. The summed E-state index contributed by atoms with van der Waals surface area (Å²) in [5.41, 5.74) is 3.96. The van der Waals surface area contributed by atoms with Gasteiger partial charge in [-0.1, -0.05) is 65.0 Å². The maximum absolute atomic E-state index is 12.9. The second-order valence-corrected chi connectivity index (χ2v) is 12.1. The molecule has 0 aliphatic heterocycles. The van der Waals surface area contributed by atoms with E-state index in [1.807, 2.05) is 7.05 Å². The Morgan fingerprint density at radius 2 is 1.79 bits per heavy atom. The van der Waals surface area contributed by atoms with Gasteiger partial charge < -0.3 is 15.8 Å². The largest absolute Gasteiger partial charge is 0.417 e. The van der Waals surface area contributed by atoms with E-state index in [1.165, 1.54) is 25.0 Å². The van der Waals surface area contributed by atoms with Crippen LogP contribution in [0.15, 0.2) is 29.2 Å². The van der Waals surface area contributed by atoms with Gasteiger partial charge in [0.15, 0.2) is 0 Å². The number of hydrogen-bond acceptors (Lipinski definition) is 5. The minimum absolute atomic E-state index is 0.104. The van der Waals surface area contributed by atoms with Gasteiger partial charge in [-0.2, -0.15) is 13.2 Å². The molecule has 38 heavy (non-hydrogen) atoms. The van der Waals surface area contributed by atoms with Crippen LogP contribution in [0.2, 0.25) is 0 Å². The molecule has 9 heteroatoms. The summed E-state index contributed by atoms with van der Waals surface area (Å²) in [7, 11) is 2.04. The topological polar surface area (TPSA) is 84.2 Å². The summed E-state index contributed by atoms with van der Waals surface area (Å²) in [6.07, 6.45) is 7.27. The fraction of sp³-hybridized carbons (Fsp3) is 0.724. The number of alkyl halides is 3. The van der Waals surface area contributed by atoms with Crippen molar-refractivity contribution in [3.05, 3.63) is 29.8 Å². The number of amides is 1. The standard InChI is InChI=1S/C15H30N2O.C14H16F3NOS/c1-5-11-9-12(6-2)13(17-4)7-8-15(3,10-11)14(16)18;15-14(16,17)11-6-2-3-7-12(11)20-18-13(10-19)8-4-1-5-9-13/h11-13,17H,5-10H2,1-4H3,(H2,16,18);2-3,6-7,10,18H,1,4-5,8-9H2. The first kappa shape index (κ1) is 32.6. The second-order valence-electron chi connectivity index (χ2n) is 11.3. The number of aldehydes is 1. The summed E-state index contributed by atoms with van der Waals surface area (Å²) >= 11 is 0.903. The highest BCUT2D eigenvalue weighted by Gasteiger charge is 2.38. The van der Waals surface area contributed by atoms with Crippen molar-refractivity contribution in [2.45, 2.75) is 114 Å². The van der Waals surface area contributed by atoms with Crippen molar-refractivity contribution in [1.29, 1.82) is 0 Å². The molecule has 4 atom stereocenters. The van der Waals surface area contributed by atoms with Crippen LogP contribution in [0, 0.1) is 17.3 Å². The molecule has 0 heterocycles. The molecule has 2 aliphatic rings. The fourth-order valence-corrected chi connectivity index (χ4v) is 6.87. The molecule has 2 aliphatic carbocycles. The van der Waals surface area contributed by atoms with Crippen LogP contribution in [0.1, 0.15) is 97.0 Å². The third-order valence-electron chi connectivity index (χ3n) is 8.55. The average molecular weight is 558 g/mol. The Bertz CT molecular complexity index is 892. The zero-order valence-electron chi connectivity index (χ0n) is 23.3. The van der Waals surface area contributed by atoms with Crippen LogP contribution >= 0.6 is 11.9 Å². The maximum Gasteiger partial charge on any atom is 0.417 e. The maximum atomic E-state index is 12.9. The minimum atomic E-state index is -4.38. The zero-order valence-corrected chi connectivity index (χ0v) is 24.1. The van der Waals surface area contributed by atoms with E-state index in [9.17, 15) is 22.8 Å². The average Bonchev–Trinajstić information content (AvgIpc) is 2.90. The van der Waals surface area contributed by atoms with E-state index in [0.717, 1.165) is 75.2 Å². The Morgan fingerprint density at radius 1 is 1.13 bits per heavy atom. The lowest BCUT2D eigenvalue weighted by molar-refractivity contribution is -0.139. The van der Waals surface area contributed by atoms with Gasteiger partial charge >= 0.3 is 6.18 Å². The smallest absolute Gasteiger partial charge is 0.369 e. The number of carbonyl (C=O) groups excluding carboxylic acids is 2. The number of benzene rings is 1. The van der Waals surface area contributed by atoms with E-state index in [0.29, 0.717) is 24.8 Å². The monoisotopic (exact) mass is 557 g/mol. The first-order valence-corrected chi connectivity index (χ1v) is 14.8.